The zero-order valence-corrected chi connectivity index (χ0v) is 14.7. The van der Waals surface area contributed by atoms with Crippen molar-refractivity contribution in [2.45, 2.75) is 32.2 Å². The molecule has 0 radical (unpaired) electrons. The molecule has 0 aliphatic carbocycles. The van der Waals surface area contributed by atoms with Crippen LogP contribution in [0.2, 0.25) is 0 Å². The van der Waals surface area contributed by atoms with Gasteiger partial charge in [0, 0.05) is 45.2 Å². The summed E-state index contributed by atoms with van der Waals surface area (Å²) in [6, 6.07) is 3.97. The molecular weight excluding hydrogens is 304 g/mol. The van der Waals surface area contributed by atoms with E-state index in [0.29, 0.717) is 6.61 Å². The smallest absolute Gasteiger partial charge is 0.227 e. The van der Waals surface area contributed by atoms with Gasteiger partial charge in [0.1, 0.15) is 5.82 Å². The molecule has 0 aromatic carbocycles. The van der Waals surface area contributed by atoms with Gasteiger partial charge in [0.05, 0.1) is 18.3 Å². The van der Waals surface area contributed by atoms with E-state index >= 15 is 0 Å². The number of nitrogens with one attached hydrogen (secondary N) is 1. The van der Waals surface area contributed by atoms with E-state index in [2.05, 4.69) is 20.3 Å². The van der Waals surface area contributed by atoms with E-state index in [9.17, 15) is 0 Å². The molecule has 1 aliphatic rings. The highest BCUT2D eigenvalue weighted by Gasteiger charge is 2.18. The van der Waals surface area contributed by atoms with Crippen LogP contribution in [0, 0.1) is 6.92 Å². The Labute approximate surface area is 143 Å². The minimum atomic E-state index is -0.00833. The number of nitrogens with zero attached hydrogens (tertiary/aromatic N) is 5. The number of ether oxygens (including phenoxy) is 1. The minimum Gasteiger partial charge on any atom is -0.382 e. The van der Waals surface area contributed by atoms with Crippen molar-refractivity contribution in [1.29, 1.82) is 0 Å². The molecule has 130 valence electrons. The molecule has 0 bridgehead atoms. The topological polar surface area (TPSA) is 68.1 Å². The van der Waals surface area contributed by atoms with Crippen LogP contribution in [0.25, 0.3) is 0 Å². The Morgan fingerprint density at radius 1 is 1.25 bits per heavy atom. The first-order valence-electron chi connectivity index (χ1n) is 8.51. The number of hydrogen-bond acceptors (Lipinski definition) is 6. The SMILES string of the molecule is COCC(Nc1cc(C)nc(N2CCCCC2)n1)c1ccnn1C. The van der Waals surface area contributed by atoms with E-state index in [1.165, 1.54) is 19.3 Å². The van der Waals surface area contributed by atoms with Crippen LogP contribution in [0.3, 0.4) is 0 Å². The standard InChI is InChI=1S/C17H26N6O/c1-13-11-16(21-17(19-13)23-9-5-4-6-10-23)20-14(12-24-3)15-7-8-18-22(15)2/h7-8,11,14H,4-6,9-10,12H2,1-3H3,(H,19,20,21). The second-order valence-corrected chi connectivity index (χ2v) is 6.27. The van der Waals surface area contributed by atoms with Crippen molar-refractivity contribution in [2.75, 3.05) is 37.0 Å². The molecule has 3 rings (SSSR count). The summed E-state index contributed by atoms with van der Waals surface area (Å²) in [6.45, 7) is 4.62. The molecule has 1 fully saturated rings. The Morgan fingerprint density at radius 3 is 2.71 bits per heavy atom. The average molecular weight is 330 g/mol. The molecular formula is C17H26N6O. The van der Waals surface area contributed by atoms with Gasteiger partial charge < -0.3 is 15.0 Å². The van der Waals surface area contributed by atoms with Gasteiger partial charge in [-0.2, -0.15) is 10.1 Å². The van der Waals surface area contributed by atoms with Gasteiger partial charge in [-0.25, -0.2) is 4.98 Å². The van der Waals surface area contributed by atoms with Crippen molar-refractivity contribution in [1.82, 2.24) is 19.7 Å². The fraction of sp³-hybridized carbons (Fsp3) is 0.588. The maximum Gasteiger partial charge on any atom is 0.227 e. The first-order valence-corrected chi connectivity index (χ1v) is 8.51. The molecule has 24 heavy (non-hydrogen) atoms. The van der Waals surface area contributed by atoms with Gasteiger partial charge in [-0.15, -0.1) is 0 Å². The van der Waals surface area contributed by atoms with Crippen molar-refractivity contribution in [3.63, 3.8) is 0 Å². The zero-order valence-electron chi connectivity index (χ0n) is 14.7. The van der Waals surface area contributed by atoms with Gasteiger partial charge in [0.25, 0.3) is 0 Å². The second-order valence-electron chi connectivity index (χ2n) is 6.27. The van der Waals surface area contributed by atoms with Gasteiger partial charge in [0.15, 0.2) is 0 Å². The number of rotatable bonds is 6. The van der Waals surface area contributed by atoms with Crippen molar-refractivity contribution >= 4 is 11.8 Å². The number of methoxy groups -OCH3 is 1. The molecule has 0 spiro atoms. The van der Waals surface area contributed by atoms with Crippen LogP contribution in [0.5, 0.6) is 0 Å². The quantitative estimate of drug-likeness (QED) is 0.876. The van der Waals surface area contributed by atoms with Gasteiger partial charge in [-0.3, -0.25) is 4.68 Å². The lowest BCUT2D eigenvalue weighted by molar-refractivity contribution is 0.184. The van der Waals surface area contributed by atoms with E-state index in [1.54, 1.807) is 13.3 Å². The predicted molar refractivity (Wildman–Crippen MR) is 94.3 cm³/mol. The second kappa shape index (κ2) is 7.61. The number of hydrogen-bond donors (Lipinski definition) is 1. The third-order valence-corrected chi connectivity index (χ3v) is 4.35. The third kappa shape index (κ3) is 3.84. The fourth-order valence-corrected chi connectivity index (χ4v) is 3.13. The Kier molecular flexibility index (Phi) is 5.30. The van der Waals surface area contributed by atoms with Crippen molar-refractivity contribution in [2.24, 2.45) is 7.05 Å². The molecule has 0 saturated carbocycles. The number of aryl methyl sites for hydroxylation is 2. The Bertz CT molecular complexity index is 665. The monoisotopic (exact) mass is 330 g/mol. The van der Waals surface area contributed by atoms with Gasteiger partial charge in [-0.05, 0) is 32.3 Å². The molecule has 1 saturated heterocycles. The number of piperidine rings is 1. The van der Waals surface area contributed by atoms with E-state index in [4.69, 9.17) is 9.72 Å². The normalized spacial score (nSPS) is 16.2. The number of anilines is 2. The first-order chi connectivity index (χ1) is 11.7. The molecule has 3 heterocycles. The average Bonchev–Trinajstić information content (AvgIpc) is 3.01. The third-order valence-electron chi connectivity index (χ3n) is 4.35. The van der Waals surface area contributed by atoms with Crippen LogP contribution in [-0.4, -0.2) is 46.6 Å². The molecule has 2 aromatic heterocycles. The molecule has 0 amide bonds. The summed E-state index contributed by atoms with van der Waals surface area (Å²) in [5.74, 6) is 1.64. The van der Waals surface area contributed by atoms with E-state index < -0.39 is 0 Å². The maximum atomic E-state index is 5.37. The van der Waals surface area contributed by atoms with E-state index in [1.807, 2.05) is 30.8 Å². The Balaban J connectivity index is 1.82. The fourth-order valence-electron chi connectivity index (χ4n) is 3.13. The molecule has 1 unspecified atom stereocenters. The van der Waals surface area contributed by atoms with E-state index in [0.717, 1.165) is 36.2 Å². The van der Waals surface area contributed by atoms with Crippen LogP contribution < -0.4 is 10.2 Å². The van der Waals surface area contributed by atoms with Crippen molar-refractivity contribution < 1.29 is 4.74 Å². The molecule has 7 heteroatoms. The molecule has 2 aromatic rings. The summed E-state index contributed by atoms with van der Waals surface area (Å²) < 4.78 is 7.23. The zero-order chi connectivity index (χ0) is 16.9. The van der Waals surface area contributed by atoms with Crippen LogP contribution >= 0.6 is 0 Å². The summed E-state index contributed by atoms with van der Waals surface area (Å²) >= 11 is 0. The maximum absolute atomic E-state index is 5.37. The molecule has 1 atom stereocenters. The Morgan fingerprint density at radius 2 is 2.04 bits per heavy atom. The summed E-state index contributed by atoms with van der Waals surface area (Å²) in [6.07, 6.45) is 5.51. The number of aromatic nitrogens is 4. The first kappa shape index (κ1) is 16.7. The molecule has 7 nitrogen and oxygen atoms in total. The molecule has 1 N–H and O–H groups in total. The van der Waals surface area contributed by atoms with Gasteiger partial charge in [0.2, 0.25) is 5.95 Å². The predicted octanol–water partition coefficient (Wildman–Crippen LogP) is 2.31. The largest absolute Gasteiger partial charge is 0.382 e. The van der Waals surface area contributed by atoms with Gasteiger partial charge in [-0.1, -0.05) is 0 Å². The lowest BCUT2D eigenvalue weighted by atomic mass is 10.1. The Hall–Kier alpha value is -2.15. The van der Waals surface area contributed by atoms with Gasteiger partial charge >= 0.3 is 0 Å². The van der Waals surface area contributed by atoms with E-state index in [-0.39, 0.29) is 6.04 Å². The minimum absolute atomic E-state index is 0.00833. The molecule has 1 aliphatic heterocycles. The highest BCUT2D eigenvalue weighted by molar-refractivity contribution is 5.45. The summed E-state index contributed by atoms with van der Waals surface area (Å²) in [4.78, 5) is 11.6. The highest BCUT2D eigenvalue weighted by Crippen LogP contribution is 2.22. The van der Waals surface area contributed by atoms with Crippen molar-refractivity contribution in [3.8, 4) is 0 Å². The lowest BCUT2D eigenvalue weighted by Crippen LogP contribution is -2.31. The van der Waals surface area contributed by atoms with Crippen LogP contribution in [0.15, 0.2) is 18.3 Å². The summed E-state index contributed by atoms with van der Waals surface area (Å²) in [5.41, 5.74) is 2.03. The van der Waals surface area contributed by atoms with Crippen LogP contribution in [0.1, 0.15) is 36.7 Å². The van der Waals surface area contributed by atoms with Crippen LogP contribution in [-0.2, 0) is 11.8 Å². The van der Waals surface area contributed by atoms with Crippen molar-refractivity contribution in [3.05, 3.63) is 29.7 Å². The van der Waals surface area contributed by atoms with Crippen LogP contribution in [0.4, 0.5) is 11.8 Å². The lowest BCUT2D eigenvalue weighted by Gasteiger charge is -2.27. The summed E-state index contributed by atoms with van der Waals surface area (Å²) in [7, 11) is 3.64. The summed E-state index contributed by atoms with van der Waals surface area (Å²) in [5, 5.41) is 7.73. The highest BCUT2D eigenvalue weighted by atomic mass is 16.5.